The van der Waals surface area contributed by atoms with Crippen LogP contribution in [0, 0.1) is 6.92 Å². The third-order valence-electron chi connectivity index (χ3n) is 5.72. The number of aromatic nitrogens is 1. The summed E-state index contributed by atoms with van der Waals surface area (Å²) in [7, 11) is 1.41. The molecule has 35 heavy (non-hydrogen) atoms. The number of rotatable bonds is 8. The van der Waals surface area contributed by atoms with E-state index in [1.54, 1.807) is 18.7 Å². The first-order valence-corrected chi connectivity index (χ1v) is 12.2. The first-order valence-electron chi connectivity index (χ1n) is 11.0. The highest BCUT2D eigenvalue weighted by Crippen LogP contribution is 2.31. The average Bonchev–Trinajstić information content (AvgIpc) is 3.46. The Kier molecular flexibility index (Phi) is 7.71. The molecule has 1 saturated heterocycles. The first-order chi connectivity index (χ1) is 16.7. The van der Waals surface area contributed by atoms with Crippen LogP contribution in [0.4, 0.5) is 13.2 Å². The van der Waals surface area contributed by atoms with E-state index in [-0.39, 0.29) is 17.9 Å². The number of oxazole rings is 1. The van der Waals surface area contributed by atoms with Gasteiger partial charge in [-0.2, -0.15) is 13.2 Å². The second kappa shape index (κ2) is 10.7. The van der Waals surface area contributed by atoms with Crippen LogP contribution in [-0.4, -0.2) is 47.2 Å². The Bertz CT molecular complexity index is 1150. The van der Waals surface area contributed by atoms with Crippen LogP contribution in [0.25, 0.3) is 11.5 Å². The summed E-state index contributed by atoms with van der Waals surface area (Å²) in [5.74, 6) is 2.89. The van der Waals surface area contributed by atoms with Crippen LogP contribution in [0.3, 0.4) is 0 Å². The van der Waals surface area contributed by atoms with Crippen molar-refractivity contribution in [2.75, 3.05) is 25.3 Å². The predicted molar refractivity (Wildman–Crippen MR) is 126 cm³/mol. The van der Waals surface area contributed by atoms with Gasteiger partial charge in [0.05, 0.1) is 25.0 Å². The van der Waals surface area contributed by atoms with Crippen molar-refractivity contribution < 1.29 is 31.9 Å². The molecule has 4 rings (SSSR count). The zero-order valence-corrected chi connectivity index (χ0v) is 20.1. The highest BCUT2D eigenvalue weighted by Gasteiger charge is 2.32. The molecule has 0 bridgehead atoms. The van der Waals surface area contributed by atoms with E-state index in [2.05, 4.69) is 9.88 Å². The zero-order chi connectivity index (χ0) is 25.0. The van der Waals surface area contributed by atoms with E-state index in [4.69, 9.17) is 13.9 Å². The number of ether oxygens (including phenoxy) is 2. The summed E-state index contributed by atoms with van der Waals surface area (Å²) in [5, 5.41) is 0. The summed E-state index contributed by atoms with van der Waals surface area (Å²) in [5.41, 5.74) is 1.53. The molecular weight excluding hydrogens is 481 g/mol. The lowest BCUT2D eigenvalue weighted by molar-refractivity contribution is -0.145. The molecule has 0 N–H and O–H groups in total. The topological polar surface area (TPSA) is 64.8 Å². The maximum Gasteiger partial charge on any atom is 0.416 e. The molecule has 0 amide bonds. The molecule has 0 aliphatic carbocycles. The normalized spacial score (nSPS) is 16.4. The van der Waals surface area contributed by atoms with Gasteiger partial charge in [0.15, 0.2) is 0 Å². The molecule has 1 fully saturated rings. The van der Waals surface area contributed by atoms with Gasteiger partial charge in [-0.25, -0.2) is 4.98 Å². The van der Waals surface area contributed by atoms with Gasteiger partial charge in [0.25, 0.3) is 0 Å². The molecule has 1 atom stereocenters. The van der Waals surface area contributed by atoms with E-state index in [0.29, 0.717) is 42.3 Å². The maximum absolute atomic E-state index is 12.8. The average molecular weight is 507 g/mol. The largest absolute Gasteiger partial charge is 0.493 e. The standard InChI is InChI=1S/C25H25F3N2O4S/c1-16-21(29-23(34-16)18-5-7-19(8-6-18)25(26,27)28)11-12-33-20-9-3-17(4-10-20)13-30-15-35-14-22(30)24(31)32-2/h3-10,22H,11-15H2,1-2H3/t22-/m0/s1. The van der Waals surface area contributed by atoms with Gasteiger partial charge in [0.1, 0.15) is 17.6 Å². The predicted octanol–water partition coefficient (Wildman–Crippen LogP) is 5.34. The highest BCUT2D eigenvalue weighted by molar-refractivity contribution is 7.99. The number of aryl methyl sites for hydroxylation is 1. The first kappa shape index (κ1) is 25.1. The molecule has 186 valence electrons. The molecule has 3 aromatic rings. The van der Waals surface area contributed by atoms with E-state index < -0.39 is 11.7 Å². The smallest absolute Gasteiger partial charge is 0.416 e. The summed E-state index contributed by atoms with van der Waals surface area (Å²) in [4.78, 5) is 18.4. The van der Waals surface area contributed by atoms with Crippen LogP contribution in [0.15, 0.2) is 52.9 Å². The van der Waals surface area contributed by atoms with E-state index in [9.17, 15) is 18.0 Å². The van der Waals surface area contributed by atoms with Crippen LogP contribution >= 0.6 is 11.8 Å². The molecule has 6 nitrogen and oxygen atoms in total. The quantitative estimate of drug-likeness (QED) is 0.382. The Labute approximate surface area is 205 Å². The molecule has 0 spiro atoms. The number of carbonyl (C=O) groups excluding carboxylic acids is 1. The minimum atomic E-state index is -4.38. The molecule has 2 aromatic carbocycles. The summed E-state index contributed by atoms with van der Waals surface area (Å²) < 4.78 is 54.7. The number of carbonyl (C=O) groups is 1. The van der Waals surface area contributed by atoms with E-state index in [0.717, 1.165) is 29.3 Å². The number of thioether (sulfide) groups is 1. The number of halogens is 3. The van der Waals surface area contributed by atoms with Crippen molar-refractivity contribution in [1.29, 1.82) is 0 Å². The van der Waals surface area contributed by atoms with Crippen LogP contribution in [0.5, 0.6) is 5.75 Å². The number of methoxy groups -OCH3 is 1. The fourth-order valence-corrected chi connectivity index (χ4v) is 4.94. The van der Waals surface area contributed by atoms with Crippen LogP contribution in [-0.2, 0) is 28.7 Å². The van der Waals surface area contributed by atoms with Crippen LogP contribution < -0.4 is 4.74 Å². The van der Waals surface area contributed by atoms with E-state index in [1.165, 1.54) is 19.2 Å². The lowest BCUT2D eigenvalue weighted by atomic mass is 10.1. The van der Waals surface area contributed by atoms with Gasteiger partial charge in [0.2, 0.25) is 5.89 Å². The summed E-state index contributed by atoms with van der Waals surface area (Å²) in [6.07, 6.45) is -3.89. The molecule has 1 aliphatic rings. The van der Waals surface area contributed by atoms with E-state index >= 15 is 0 Å². The SMILES string of the molecule is COC(=O)[C@@H]1CSCN1Cc1ccc(OCCc2nc(-c3ccc(C(F)(F)F)cc3)oc2C)cc1. The fourth-order valence-electron chi connectivity index (χ4n) is 3.76. The summed E-state index contributed by atoms with van der Waals surface area (Å²) >= 11 is 1.71. The number of esters is 1. The number of benzene rings is 2. The number of hydrogen-bond donors (Lipinski definition) is 0. The molecule has 1 aromatic heterocycles. The van der Waals surface area contributed by atoms with Crippen molar-refractivity contribution in [3.8, 4) is 17.2 Å². The van der Waals surface area contributed by atoms with Crippen molar-refractivity contribution in [1.82, 2.24) is 9.88 Å². The summed E-state index contributed by atoms with van der Waals surface area (Å²) in [6, 6.07) is 12.2. The van der Waals surface area contributed by atoms with Crippen molar-refractivity contribution in [2.45, 2.75) is 32.1 Å². The molecule has 10 heteroatoms. The minimum absolute atomic E-state index is 0.209. The van der Waals surface area contributed by atoms with Crippen molar-refractivity contribution in [2.24, 2.45) is 0 Å². The maximum atomic E-state index is 12.8. The van der Waals surface area contributed by atoms with Gasteiger partial charge in [-0.15, -0.1) is 11.8 Å². The number of nitrogens with zero attached hydrogens (tertiary/aromatic N) is 2. The number of alkyl halides is 3. The van der Waals surface area contributed by atoms with Crippen molar-refractivity contribution in [3.05, 3.63) is 71.1 Å². The van der Waals surface area contributed by atoms with Gasteiger partial charge < -0.3 is 13.9 Å². The Morgan fingerprint density at radius 2 is 1.89 bits per heavy atom. The van der Waals surface area contributed by atoms with Gasteiger partial charge in [-0.3, -0.25) is 9.69 Å². The molecule has 0 unspecified atom stereocenters. The molecular formula is C25H25F3N2O4S. The lowest BCUT2D eigenvalue weighted by Crippen LogP contribution is -2.38. The van der Waals surface area contributed by atoms with Crippen molar-refractivity contribution in [3.63, 3.8) is 0 Å². The fraction of sp³-hybridized carbons (Fsp3) is 0.360. The second-order valence-electron chi connectivity index (χ2n) is 8.13. The Morgan fingerprint density at radius 3 is 2.54 bits per heavy atom. The monoisotopic (exact) mass is 506 g/mol. The zero-order valence-electron chi connectivity index (χ0n) is 19.3. The lowest BCUT2D eigenvalue weighted by Gasteiger charge is -2.21. The molecule has 0 radical (unpaired) electrons. The molecule has 0 saturated carbocycles. The third kappa shape index (κ3) is 6.18. The Morgan fingerprint density at radius 1 is 1.17 bits per heavy atom. The van der Waals surface area contributed by atoms with Gasteiger partial charge in [0, 0.05) is 30.2 Å². The van der Waals surface area contributed by atoms with E-state index in [1.807, 2.05) is 24.3 Å². The Balaban J connectivity index is 1.30. The summed E-state index contributed by atoms with van der Waals surface area (Å²) in [6.45, 7) is 2.78. The van der Waals surface area contributed by atoms with Crippen LogP contribution in [0.2, 0.25) is 0 Å². The Hall–Kier alpha value is -2.98. The van der Waals surface area contributed by atoms with Crippen molar-refractivity contribution >= 4 is 17.7 Å². The molecule has 2 heterocycles. The number of hydrogen-bond acceptors (Lipinski definition) is 7. The second-order valence-corrected chi connectivity index (χ2v) is 9.12. The minimum Gasteiger partial charge on any atom is -0.493 e. The third-order valence-corrected chi connectivity index (χ3v) is 6.78. The molecule has 1 aliphatic heterocycles. The highest BCUT2D eigenvalue weighted by atomic mass is 32.2. The van der Waals surface area contributed by atoms with Gasteiger partial charge in [-0.05, 0) is 48.9 Å². The van der Waals surface area contributed by atoms with Crippen LogP contribution in [0.1, 0.15) is 22.6 Å². The van der Waals surface area contributed by atoms with Gasteiger partial charge >= 0.3 is 12.1 Å². The van der Waals surface area contributed by atoms with Gasteiger partial charge in [-0.1, -0.05) is 12.1 Å².